The summed E-state index contributed by atoms with van der Waals surface area (Å²) in [6.07, 6.45) is 0.740. The Morgan fingerprint density at radius 2 is 2.00 bits per heavy atom. The molecule has 1 N–H and O–H groups in total. The van der Waals surface area contributed by atoms with Crippen molar-refractivity contribution in [3.63, 3.8) is 0 Å². The monoisotopic (exact) mass is 261 g/mol. The van der Waals surface area contributed by atoms with E-state index < -0.39 is 22.4 Å². The van der Waals surface area contributed by atoms with E-state index in [0.717, 1.165) is 25.1 Å². The van der Waals surface area contributed by atoms with Crippen molar-refractivity contribution in [3.05, 3.63) is 29.8 Å². The molecule has 96 valence electrons. The van der Waals surface area contributed by atoms with E-state index in [9.17, 15) is 13.0 Å². The Morgan fingerprint density at radius 3 is 2.59 bits per heavy atom. The summed E-state index contributed by atoms with van der Waals surface area (Å²) >= 11 is 0. The Morgan fingerprint density at radius 1 is 1.29 bits per heavy atom. The molecule has 17 heavy (non-hydrogen) atoms. The van der Waals surface area contributed by atoms with Gasteiger partial charge in [-0.25, -0.2) is 8.78 Å². The Balaban J connectivity index is 2.44. The first-order valence-electron chi connectivity index (χ1n) is 5.57. The van der Waals surface area contributed by atoms with Gasteiger partial charge in [-0.1, -0.05) is 13.8 Å². The van der Waals surface area contributed by atoms with Crippen molar-refractivity contribution in [2.45, 2.75) is 31.2 Å². The molecule has 1 atom stereocenters. The lowest BCUT2D eigenvalue weighted by molar-refractivity contribution is 0.505. The lowest BCUT2D eigenvalue weighted by Gasteiger charge is -2.07. The minimum absolute atomic E-state index is 0.341. The van der Waals surface area contributed by atoms with Gasteiger partial charge in [0, 0.05) is 16.7 Å². The Kier molecular flexibility index (Phi) is 5.71. The van der Waals surface area contributed by atoms with E-state index >= 15 is 0 Å². The molecule has 0 saturated carbocycles. The summed E-state index contributed by atoms with van der Waals surface area (Å²) in [5.41, 5.74) is 0. The van der Waals surface area contributed by atoms with Crippen molar-refractivity contribution in [1.29, 1.82) is 0 Å². The maximum absolute atomic E-state index is 12.9. The molecule has 1 aromatic carbocycles. The highest BCUT2D eigenvalue weighted by atomic mass is 32.2. The molecule has 0 fully saturated rings. The topological polar surface area (TPSA) is 29.1 Å². The molecule has 0 heterocycles. The Labute approximate surface area is 103 Å². The fraction of sp³-hybridized carbons (Fsp3) is 0.500. The van der Waals surface area contributed by atoms with E-state index in [1.54, 1.807) is 0 Å². The first-order chi connectivity index (χ1) is 8.00. The fourth-order valence-electron chi connectivity index (χ4n) is 1.33. The Bertz CT molecular complexity index is 396. The predicted molar refractivity (Wildman–Crippen MR) is 65.4 cm³/mol. The van der Waals surface area contributed by atoms with Crippen LogP contribution >= 0.6 is 0 Å². The third kappa shape index (κ3) is 4.91. The maximum atomic E-state index is 12.9. The van der Waals surface area contributed by atoms with Crippen molar-refractivity contribution in [2.24, 2.45) is 0 Å². The first-order valence-corrected chi connectivity index (χ1v) is 6.89. The molecule has 5 heteroatoms. The van der Waals surface area contributed by atoms with Crippen molar-refractivity contribution < 1.29 is 13.0 Å². The van der Waals surface area contributed by atoms with Crippen LogP contribution in [-0.4, -0.2) is 22.5 Å². The highest BCUT2D eigenvalue weighted by Crippen LogP contribution is 2.12. The van der Waals surface area contributed by atoms with Crippen molar-refractivity contribution >= 4 is 10.8 Å². The van der Waals surface area contributed by atoms with E-state index in [2.05, 4.69) is 5.32 Å². The molecular formula is C12H17F2NOS. The van der Waals surface area contributed by atoms with Gasteiger partial charge in [-0.3, -0.25) is 4.21 Å². The lowest BCUT2D eigenvalue weighted by atomic mass is 10.3. The highest BCUT2D eigenvalue weighted by Gasteiger charge is 2.08. The summed E-state index contributed by atoms with van der Waals surface area (Å²) < 4.78 is 37.3. The molecule has 1 unspecified atom stereocenters. The van der Waals surface area contributed by atoms with E-state index in [1.807, 2.05) is 13.8 Å². The van der Waals surface area contributed by atoms with Gasteiger partial charge < -0.3 is 5.32 Å². The van der Waals surface area contributed by atoms with Gasteiger partial charge in [-0.15, -0.1) is 0 Å². The van der Waals surface area contributed by atoms with E-state index in [1.165, 1.54) is 6.07 Å². The SMILES string of the molecule is CC(C)NCCCS(=O)c1ccc(F)c(F)c1. The minimum atomic E-state index is -1.26. The summed E-state index contributed by atoms with van der Waals surface area (Å²) in [5, 5.41) is 3.20. The van der Waals surface area contributed by atoms with Gasteiger partial charge in [0.05, 0.1) is 10.8 Å². The normalized spacial score (nSPS) is 13.0. The predicted octanol–water partition coefficient (Wildman–Crippen LogP) is 2.46. The number of halogens is 2. The summed E-state index contributed by atoms with van der Waals surface area (Å²) in [7, 11) is -1.26. The number of rotatable bonds is 6. The molecule has 0 aromatic heterocycles. The molecule has 0 bridgehead atoms. The maximum Gasteiger partial charge on any atom is 0.160 e. The molecule has 0 aliphatic carbocycles. The van der Waals surface area contributed by atoms with E-state index in [4.69, 9.17) is 0 Å². The standard InChI is InChI=1S/C12H17F2NOS/c1-9(2)15-6-3-7-17(16)10-4-5-11(13)12(14)8-10/h4-5,8-9,15H,3,6-7H2,1-2H3. The summed E-state index contributed by atoms with van der Waals surface area (Å²) in [4.78, 5) is 0.341. The van der Waals surface area contributed by atoms with Gasteiger partial charge in [0.15, 0.2) is 11.6 Å². The van der Waals surface area contributed by atoms with Crippen molar-refractivity contribution in [2.75, 3.05) is 12.3 Å². The van der Waals surface area contributed by atoms with Gasteiger partial charge in [-0.2, -0.15) is 0 Å². The number of nitrogens with one attached hydrogen (secondary N) is 1. The van der Waals surface area contributed by atoms with Crippen LogP contribution in [0.15, 0.2) is 23.1 Å². The van der Waals surface area contributed by atoms with Crippen LogP contribution in [0.25, 0.3) is 0 Å². The fourth-order valence-corrected chi connectivity index (χ4v) is 2.43. The smallest absolute Gasteiger partial charge is 0.160 e. The van der Waals surface area contributed by atoms with Crippen LogP contribution in [0.5, 0.6) is 0 Å². The minimum Gasteiger partial charge on any atom is -0.315 e. The summed E-state index contributed by atoms with van der Waals surface area (Å²) in [6, 6.07) is 3.77. The van der Waals surface area contributed by atoms with E-state index in [-0.39, 0.29) is 0 Å². The van der Waals surface area contributed by atoms with Crippen LogP contribution in [0.2, 0.25) is 0 Å². The second-order valence-corrected chi connectivity index (χ2v) is 5.66. The largest absolute Gasteiger partial charge is 0.315 e. The van der Waals surface area contributed by atoms with Gasteiger partial charge in [0.2, 0.25) is 0 Å². The average molecular weight is 261 g/mol. The third-order valence-electron chi connectivity index (χ3n) is 2.21. The van der Waals surface area contributed by atoms with Gasteiger partial charge in [0.1, 0.15) is 0 Å². The molecule has 0 aliphatic heterocycles. The zero-order valence-corrected chi connectivity index (χ0v) is 10.8. The van der Waals surface area contributed by atoms with Crippen LogP contribution in [-0.2, 0) is 10.8 Å². The van der Waals surface area contributed by atoms with Crippen molar-refractivity contribution in [1.82, 2.24) is 5.32 Å². The van der Waals surface area contributed by atoms with Gasteiger partial charge in [0.25, 0.3) is 0 Å². The molecule has 2 nitrogen and oxygen atoms in total. The summed E-state index contributed by atoms with van der Waals surface area (Å²) in [5.74, 6) is -1.41. The van der Waals surface area contributed by atoms with Crippen LogP contribution in [0, 0.1) is 11.6 Å². The Hall–Kier alpha value is -0.810. The second kappa shape index (κ2) is 6.81. The van der Waals surface area contributed by atoms with Crippen LogP contribution in [0.4, 0.5) is 8.78 Å². The van der Waals surface area contributed by atoms with Gasteiger partial charge in [-0.05, 0) is 31.2 Å². The molecule has 0 spiro atoms. The first kappa shape index (κ1) is 14.3. The van der Waals surface area contributed by atoms with Crippen LogP contribution < -0.4 is 5.32 Å². The zero-order chi connectivity index (χ0) is 12.8. The van der Waals surface area contributed by atoms with E-state index in [0.29, 0.717) is 16.7 Å². The van der Waals surface area contributed by atoms with Crippen LogP contribution in [0.3, 0.4) is 0 Å². The van der Waals surface area contributed by atoms with Crippen LogP contribution in [0.1, 0.15) is 20.3 Å². The molecule has 0 aliphatic rings. The highest BCUT2D eigenvalue weighted by molar-refractivity contribution is 7.85. The lowest BCUT2D eigenvalue weighted by Crippen LogP contribution is -2.24. The molecule has 1 aromatic rings. The van der Waals surface area contributed by atoms with Crippen molar-refractivity contribution in [3.8, 4) is 0 Å². The third-order valence-corrected chi connectivity index (χ3v) is 3.65. The van der Waals surface area contributed by atoms with Gasteiger partial charge >= 0.3 is 0 Å². The molecule has 1 rings (SSSR count). The average Bonchev–Trinajstić information content (AvgIpc) is 2.27. The molecule has 0 radical (unpaired) electrons. The molecular weight excluding hydrogens is 244 g/mol. The molecule has 0 saturated heterocycles. The second-order valence-electron chi connectivity index (χ2n) is 4.09. The number of hydrogen-bond acceptors (Lipinski definition) is 2. The quantitative estimate of drug-likeness (QED) is 0.797. The number of benzene rings is 1. The number of hydrogen-bond donors (Lipinski definition) is 1. The summed E-state index contributed by atoms with van der Waals surface area (Å²) in [6.45, 7) is 4.84. The zero-order valence-electron chi connectivity index (χ0n) is 10.0. The molecule has 0 amide bonds.